The van der Waals surface area contributed by atoms with Crippen LogP contribution in [-0.4, -0.2) is 56.8 Å². The summed E-state index contributed by atoms with van der Waals surface area (Å²) in [6, 6.07) is 5.61. The lowest BCUT2D eigenvalue weighted by Gasteiger charge is -2.24. The fraction of sp³-hybridized carbons (Fsp3) is 0.632. The number of nitrogens with zero attached hydrogens (tertiary/aromatic N) is 2. The Balaban J connectivity index is 0.00000392. The standard InChI is InChI=1S/C19H30F2N4O2.HI/c1-4-25-11-7-9-15(25)13-24-19(22-3)23-12-14-8-6-10-16(26-5-2)17(14)27-18(20)21;/h6,8,10,15,18H,4-5,7,9,11-13H2,1-3H3,(H2,22,23,24);1H. The predicted octanol–water partition coefficient (Wildman–Crippen LogP) is 3.45. The molecule has 1 saturated heterocycles. The molecule has 0 saturated carbocycles. The Morgan fingerprint density at radius 1 is 1.32 bits per heavy atom. The highest BCUT2D eigenvalue weighted by atomic mass is 127. The number of aliphatic imine (C=N–C) groups is 1. The molecule has 0 bridgehead atoms. The first kappa shape index (κ1) is 24.7. The minimum atomic E-state index is -2.91. The lowest BCUT2D eigenvalue weighted by atomic mass is 10.2. The van der Waals surface area contributed by atoms with Crippen LogP contribution in [0, 0.1) is 0 Å². The summed E-state index contributed by atoms with van der Waals surface area (Å²) >= 11 is 0. The van der Waals surface area contributed by atoms with Gasteiger partial charge in [-0.15, -0.1) is 24.0 Å². The van der Waals surface area contributed by atoms with Crippen LogP contribution in [0.1, 0.15) is 32.3 Å². The number of para-hydroxylation sites is 1. The Morgan fingerprint density at radius 3 is 2.75 bits per heavy atom. The number of benzene rings is 1. The molecule has 28 heavy (non-hydrogen) atoms. The number of hydrogen-bond acceptors (Lipinski definition) is 4. The van der Waals surface area contributed by atoms with Crippen molar-refractivity contribution in [2.45, 2.75) is 45.9 Å². The SMILES string of the molecule is CCOc1cccc(CNC(=NC)NCC2CCCN2CC)c1OC(F)F.I. The molecule has 0 amide bonds. The van der Waals surface area contributed by atoms with E-state index in [4.69, 9.17) is 9.47 Å². The van der Waals surface area contributed by atoms with Crippen molar-refractivity contribution in [1.82, 2.24) is 15.5 Å². The Hall–Kier alpha value is -1.36. The van der Waals surface area contributed by atoms with Crippen molar-refractivity contribution < 1.29 is 18.3 Å². The summed E-state index contributed by atoms with van der Waals surface area (Å²) in [5.74, 6) is 0.998. The van der Waals surface area contributed by atoms with Gasteiger partial charge in [-0.25, -0.2) is 0 Å². The maximum absolute atomic E-state index is 12.8. The van der Waals surface area contributed by atoms with Crippen molar-refractivity contribution >= 4 is 29.9 Å². The van der Waals surface area contributed by atoms with Gasteiger partial charge in [-0.05, 0) is 38.9 Å². The summed E-state index contributed by atoms with van der Waals surface area (Å²) in [7, 11) is 1.69. The molecule has 0 radical (unpaired) electrons. The van der Waals surface area contributed by atoms with Gasteiger partial charge in [0, 0.05) is 31.7 Å². The number of rotatable bonds is 9. The van der Waals surface area contributed by atoms with Gasteiger partial charge < -0.3 is 20.1 Å². The van der Waals surface area contributed by atoms with Crippen LogP contribution in [0.2, 0.25) is 0 Å². The molecule has 0 aromatic heterocycles. The fourth-order valence-electron chi connectivity index (χ4n) is 3.35. The molecule has 9 heteroatoms. The zero-order valence-corrected chi connectivity index (χ0v) is 19.0. The van der Waals surface area contributed by atoms with Crippen molar-refractivity contribution in [1.29, 1.82) is 0 Å². The van der Waals surface area contributed by atoms with Gasteiger partial charge in [0.1, 0.15) is 0 Å². The van der Waals surface area contributed by atoms with E-state index in [1.54, 1.807) is 32.2 Å². The quantitative estimate of drug-likeness (QED) is 0.302. The van der Waals surface area contributed by atoms with Gasteiger partial charge in [0.2, 0.25) is 0 Å². The van der Waals surface area contributed by atoms with E-state index in [0.717, 1.165) is 19.6 Å². The van der Waals surface area contributed by atoms with Crippen LogP contribution in [0.15, 0.2) is 23.2 Å². The van der Waals surface area contributed by atoms with E-state index in [9.17, 15) is 8.78 Å². The molecule has 1 heterocycles. The maximum atomic E-state index is 12.8. The first-order valence-electron chi connectivity index (χ1n) is 9.47. The van der Waals surface area contributed by atoms with Crippen LogP contribution in [0.4, 0.5) is 8.78 Å². The van der Waals surface area contributed by atoms with Crippen LogP contribution in [-0.2, 0) is 6.54 Å². The van der Waals surface area contributed by atoms with Crippen molar-refractivity contribution in [2.75, 3.05) is 33.3 Å². The third-order valence-electron chi connectivity index (χ3n) is 4.65. The minimum Gasteiger partial charge on any atom is -0.490 e. The molecule has 1 atom stereocenters. The second-order valence-electron chi connectivity index (χ2n) is 6.29. The molecular weight excluding hydrogens is 481 g/mol. The topological polar surface area (TPSA) is 58.1 Å². The van der Waals surface area contributed by atoms with Crippen LogP contribution >= 0.6 is 24.0 Å². The summed E-state index contributed by atoms with van der Waals surface area (Å²) < 4.78 is 35.7. The van der Waals surface area contributed by atoms with Gasteiger partial charge >= 0.3 is 6.61 Å². The third kappa shape index (κ3) is 7.23. The maximum Gasteiger partial charge on any atom is 0.387 e. The number of halogens is 3. The van der Waals surface area contributed by atoms with Crippen LogP contribution in [0.3, 0.4) is 0 Å². The number of guanidine groups is 1. The largest absolute Gasteiger partial charge is 0.490 e. The number of likely N-dealkylation sites (tertiary alicyclic amines) is 1. The smallest absolute Gasteiger partial charge is 0.387 e. The Kier molecular flexibility index (Phi) is 11.4. The molecule has 1 aromatic carbocycles. The molecule has 6 nitrogen and oxygen atoms in total. The van der Waals surface area contributed by atoms with Gasteiger partial charge in [-0.3, -0.25) is 9.89 Å². The summed E-state index contributed by atoms with van der Waals surface area (Å²) in [5, 5.41) is 6.49. The second-order valence-corrected chi connectivity index (χ2v) is 6.29. The van der Waals surface area contributed by atoms with E-state index in [1.807, 2.05) is 0 Å². The highest BCUT2D eigenvalue weighted by Crippen LogP contribution is 2.32. The molecule has 160 valence electrons. The molecule has 1 aliphatic heterocycles. The zero-order chi connectivity index (χ0) is 19.6. The molecule has 1 aliphatic rings. The third-order valence-corrected chi connectivity index (χ3v) is 4.65. The lowest BCUT2D eigenvalue weighted by molar-refractivity contribution is -0.0520. The first-order valence-corrected chi connectivity index (χ1v) is 9.47. The van der Waals surface area contributed by atoms with E-state index >= 15 is 0 Å². The van der Waals surface area contributed by atoms with E-state index in [2.05, 4.69) is 27.4 Å². The number of alkyl halides is 2. The van der Waals surface area contributed by atoms with Crippen molar-refractivity contribution in [3.8, 4) is 11.5 Å². The average Bonchev–Trinajstić information content (AvgIpc) is 3.11. The Labute approximate surface area is 183 Å². The number of ether oxygens (including phenoxy) is 2. The van der Waals surface area contributed by atoms with Gasteiger partial charge in [-0.2, -0.15) is 8.78 Å². The molecule has 1 fully saturated rings. The van der Waals surface area contributed by atoms with Gasteiger partial charge in [0.25, 0.3) is 0 Å². The number of hydrogen-bond donors (Lipinski definition) is 2. The number of likely N-dealkylation sites (N-methyl/N-ethyl adjacent to an activating group) is 1. The Morgan fingerprint density at radius 2 is 2.11 bits per heavy atom. The van der Waals surface area contributed by atoms with E-state index in [1.165, 1.54) is 12.8 Å². The van der Waals surface area contributed by atoms with Crippen LogP contribution in [0.25, 0.3) is 0 Å². The minimum absolute atomic E-state index is 0. The van der Waals surface area contributed by atoms with Crippen LogP contribution in [0.5, 0.6) is 11.5 Å². The highest BCUT2D eigenvalue weighted by Gasteiger charge is 2.23. The average molecular weight is 512 g/mol. The molecular formula is C19H31F2IN4O2. The molecule has 0 aliphatic carbocycles. The monoisotopic (exact) mass is 512 g/mol. The van der Waals surface area contributed by atoms with Crippen molar-refractivity contribution in [3.05, 3.63) is 23.8 Å². The summed E-state index contributed by atoms with van der Waals surface area (Å²) in [5.41, 5.74) is 0.584. The predicted molar refractivity (Wildman–Crippen MR) is 118 cm³/mol. The fourth-order valence-corrected chi connectivity index (χ4v) is 3.35. The van der Waals surface area contributed by atoms with Crippen molar-refractivity contribution in [2.24, 2.45) is 4.99 Å². The van der Waals surface area contributed by atoms with Gasteiger partial charge in [0.15, 0.2) is 17.5 Å². The summed E-state index contributed by atoms with van der Waals surface area (Å²) in [6.07, 6.45) is 2.38. The van der Waals surface area contributed by atoms with E-state index in [-0.39, 0.29) is 29.7 Å². The van der Waals surface area contributed by atoms with Gasteiger partial charge in [0.05, 0.1) is 6.61 Å². The van der Waals surface area contributed by atoms with Gasteiger partial charge in [-0.1, -0.05) is 19.1 Å². The Bertz CT molecular complexity index is 620. The molecule has 2 N–H and O–H groups in total. The summed E-state index contributed by atoms with van der Waals surface area (Å²) in [6.45, 7) is 4.69. The van der Waals surface area contributed by atoms with E-state index in [0.29, 0.717) is 36.5 Å². The van der Waals surface area contributed by atoms with E-state index < -0.39 is 6.61 Å². The molecule has 2 rings (SSSR count). The zero-order valence-electron chi connectivity index (χ0n) is 16.7. The number of nitrogens with one attached hydrogen (secondary N) is 2. The van der Waals surface area contributed by atoms with Crippen LogP contribution < -0.4 is 20.1 Å². The second kappa shape index (κ2) is 13.0. The molecule has 0 spiro atoms. The molecule has 1 aromatic rings. The normalized spacial score (nSPS) is 17.4. The lowest BCUT2D eigenvalue weighted by Crippen LogP contribution is -2.44. The molecule has 1 unspecified atom stereocenters. The summed E-state index contributed by atoms with van der Waals surface area (Å²) in [4.78, 5) is 6.66. The van der Waals surface area contributed by atoms with Crippen molar-refractivity contribution in [3.63, 3.8) is 0 Å². The first-order chi connectivity index (χ1) is 13.1. The highest BCUT2D eigenvalue weighted by molar-refractivity contribution is 14.0.